The lowest BCUT2D eigenvalue weighted by Crippen LogP contribution is -2.32. The Hall–Kier alpha value is -4.19. The van der Waals surface area contributed by atoms with Crippen molar-refractivity contribution in [3.8, 4) is 11.5 Å². The number of carbonyl (C=O) groups excluding carboxylic acids is 1. The molecular formula is C26H21N3O3. The zero-order valence-electron chi connectivity index (χ0n) is 17.3. The maximum atomic E-state index is 13.5. The lowest BCUT2D eigenvalue weighted by Gasteiger charge is -2.24. The minimum Gasteiger partial charge on any atom is -0.486 e. The first-order chi connectivity index (χ1) is 15.8. The van der Waals surface area contributed by atoms with Crippen LogP contribution in [0.3, 0.4) is 0 Å². The Kier molecular flexibility index (Phi) is 5.49. The third kappa shape index (κ3) is 4.16. The minimum absolute atomic E-state index is 0.238. The number of anilines is 1. The molecule has 0 aliphatic carbocycles. The summed E-state index contributed by atoms with van der Waals surface area (Å²) in [5.41, 5.74) is 3.48. The summed E-state index contributed by atoms with van der Waals surface area (Å²) in [4.78, 5) is 24.1. The predicted molar refractivity (Wildman–Crippen MR) is 124 cm³/mol. The van der Waals surface area contributed by atoms with E-state index >= 15 is 0 Å². The van der Waals surface area contributed by atoms with Crippen molar-refractivity contribution in [1.29, 1.82) is 0 Å². The Labute approximate surface area is 185 Å². The molecule has 0 bridgehead atoms. The fourth-order valence-corrected chi connectivity index (χ4v) is 3.56. The summed E-state index contributed by atoms with van der Waals surface area (Å²) in [5, 5.41) is 0. The summed E-state index contributed by atoms with van der Waals surface area (Å²) >= 11 is 0. The first-order valence-electron chi connectivity index (χ1n) is 10.4. The largest absolute Gasteiger partial charge is 0.486 e. The number of hydrogen-bond donors (Lipinski definition) is 0. The molecule has 32 heavy (non-hydrogen) atoms. The number of fused-ring (bicyclic) bond motifs is 2. The molecule has 1 aliphatic rings. The fourth-order valence-electron chi connectivity index (χ4n) is 3.56. The van der Waals surface area contributed by atoms with Gasteiger partial charge in [0.1, 0.15) is 18.9 Å². The number of benzene rings is 3. The molecule has 0 atom stereocenters. The van der Waals surface area contributed by atoms with E-state index in [4.69, 9.17) is 9.47 Å². The van der Waals surface area contributed by atoms with Crippen LogP contribution >= 0.6 is 0 Å². The van der Waals surface area contributed by atoms with Gasteiger partial charge in [0.15, 0.2) is 11.5 Å². The van der Waals surface area contributed by atoms with E-state index in [9.17, 15) is 4.79 Å². The summed E-state index contributed by atoms with van der Waals surface area (Å²) in [6.45, 7) is 1.36. The molecule has 1 amide bonds. The third-order valence-corrected chi connectivity index (χ3v) is 5.15. The van der Waals surface area contributed by atoms with Gasteiger partial charge in [0, 0.05) is 18.3 Å². The van der Waals surface area contributed by atoms with Crippen LogP contribution in [0.15, 0.2) is 85.1 Å². The van der Waals surface area contributed by atoms with Crippen molar-refractivity contribution >= 4 is 28.7 Å². The van der Waals surface area contributed by atoms with Gasteiger partial charge in [-0.3, -0.25) is 9.78 Å². The second-order valence-corrected chi connectivity index (χ2v) is 7.30. The standard InChI is InChI=1S/C26H21N3O3/c30-26(23-18-27-21-10-4-5-11-22(21)28-23)29(14-6-9-19-7-2-1-3-8-19)20-12-13-24-25(17-20)32-16-15-31-24/h1-13,17-18H,14-16H2/b9-6+. The van der Waals surface area contributed by atoms with Gasteiger partial charge in [0.25, 0.3) is 5.91 Å². The highest BCUT2D eigenvalue weighted by Gasteiger charge is 2.21. The van der Waals surface area contributed by atoms with Crippen LogP contribution < -0.4 is 14.4 Å². The highest BCUT2D eigenvalue weighted by atomic mass is 16.6. The van der Waals surface area contributed by atoms with Gasteiger partial charge in [0.05, 0.1) is 17.2 Å². The van der Waals surface area contributed by atoms with Crippen molar-refractivity contribution < 1.29 is 14.3 Å². The average Bonchev–Trinajstić information content (AvgIpc) is 2.86. The SMILES string of the molecule is O=C(c1cnc2ccccc2n1)N(C/C=C/c1ccccc1)c1ccc2c(c1)OCCO2. The first kappa shape index (κ1) is 19.8. The van der Waals surface area contributed by atoms with Crippen molar-refractivity contribution in [3.05, 3.63) is 96.3 Å². The lowest BCUT2D eigenvalue weighted by atomic mass is 10.2. The zero-order chi connectivity index (χ0) is 21.8. The van der Waals surface area contributed by atoms with Crippen molar-refractivity contribution in [2.75, 3.05) is 24.7 Å². The van der Waals surface area contributed by atoms with E-state index in [-0.39, 0.29) is 11.6 Å². The molecule has 0 radical (unpaired) electrons. The van der Waals surface area contributed by atoms with Crippen LogP contribution in [0.4, 0.5) is 5.69 Å². The highest BCUT2D eigenvalue weighted by Crippen LogP contribution is 2.34. The highest BCUT2D eigenvalue weighted by molar-refractivity contribution is 6.05. The first-order valence-corrected chi connectivity index (χ1v) is 10.4. The number of hydrogen-bond acceptors (Lipinski definition) is 5. The molecule has 158 valence electrons. The Morgan fingerprint density at radius 3 is 2.50 bits per heavy atom. The summed E-state index contributed by atoms with van der Waals surface area (Å²) in [6, 6.07) is 23.0. The van der Waals surface area contributed by atoms with E-state index in [1.807, 2.05) is 84.9 Å². The molecule has 3 aromatic carbocycles. The number of rotatable bonds is 5. The average molecular weight is 423 g/mol. The summed E-state index contributed by atoms with van der Waals surface area (Å²) in [7, 11) is 0. The van der Waals surface area contributed by atoms with Crippen LogP contribution in [0.1, 0.15) is 16.1 Å². The Morgan fingerprint density at radius 2 is 1.66 bits per heavy atom. The van der Waals surface area contributed by atoms with Crippen LogP contribution in [0.25, 0.3) is 17.1 Å². The number of para-hydroxylation sites is 2. The van der Waals surface area contributed by atoms with Crippen molar-refractivity contribution in [3.63, 3.8) is 0 Å². The molecule has 5 rings (SSSR count). The fraction of sp³-hybridized carbons (Fsp3) is 0.115. The molecule has 4 aromatic rings. The van der Waals surface area contributed by atoms with Gasteiger partial charge in [-0.15, -0.1) is 0 Å². The predicted octanol–water partition coefficient (Wildman–Crippen LogP) is 4.76. The molecule has 6 heteroatoms. The summed E-state index contributed by atoms with van der Waals surface area (Å²) in [6.07, 6.45) is 5.47. The minimum atomic E-state index is -0.238. The van der Waals surface area contributed by atoms with Crippen LogP contribution in [-0.2, 0) is 0 Å². The number of ether oxygens (including phenoxy) is 2. The lowest BCUT2D eigenvalue weighted by molar-refractivity contribution is 0.0985. The van der Waals surface area contributed by atoms with E-state index in [1.54, 1.807) is 4.90 Å². The quantitative estimate of drug-likeness (QED) is 0.463. The van der Waals surface area contributed by atoms with Crippen LogP contribution in [0.5, 0.6) is 11.5 Å². The van der Waals surface area contributed by atoms with Gasteiger partial charge in [-0.1, -0.05) is 54.6 Å². The normalized spacial score (nSPS) is 12.8. The molecule has 0 N–H and O–H groups in total. The number of aromatic nitrogens is 2. The van der Waals surface area contributed by atoms with E-state index in [1.165, 1.54) is 6.20 Å². The molecule has 0 spiro atoms. The summed E-state index contributed by atoms with van der Waals surface area (Å²) < 4.78 is 11.3. The molecular weight excluding hydrogens is 402 g/mol. The smallest absolute Gasteiger partial charge is 0.278 e. The van der Waals surface area contributed by atoms with Crippen LogP contribution in [0.2, 0.25) is 0 Å². The van der Waals surface area contributed by atoms with Gasteiger partial charge in [-0.05, 0) is 29.8 Å². The van der Waals surface area contributed by atoms with Crippen LogP contribution in [0, 0.1) is 0 Å². The topological polar surface area (TPSA) is 64.6 Å². The maximum Gasteiger partial charge on any atom is 0.278 e. The molecule has 0 saturated heterocycles. The van der Waals surface area contributed by atoms with E-state index < -0.39 is 0 Å². The van der Waals surface area contributed by atoms with Crippen LogP contribution in [-0.4, -0.2) is 35.6 Å². The van der Waals surface area contributed by atoms with Crippen molar-refractivity contribution in [2.45, 2.75) is 0 Å². The van der Waals surface area contributed by atoms with E-state index in [0.717, 1.165) is 11.1 Å². The zero-order valence-corrected chi connectivity index (χ0v) is 17.3. The van der Waals surface area contributed by atoms with Gasteiger partial charge in [-0.2, -0.15) is 0 Å². The molecule has 6 nitrogen and oxygen atoms in total. The monoisotopic (exact) mass is 423 g/mol. The molecule has 2 heterocycles. The van der Waals surface area contributed by atoms with Crippen molar-refractivity contribution in [2.24, 2.45) is 0 Å². The van der Waals surface area contributed by atoms with E-state index in [0.29, 0.717) is 42.5 Å². The Balaban J connectivity index is 1.49. The molecule has 1 aromatic heterocycles. The van der Waals surface area contributed by atoms with Gasteiger partial charge < -0.3 is 14.4 Å². The van der Waals surface area contributed by atoms with E-state index in [2.05, 4.69) is 9.97 Å². The van der Waals surface area contributed by atoms with Crippen molar-refractivity contribution in [1.82, 2.24) is 9.97 Å². The second kappa shape index (κ2) is 8.89. The maximum absolute atomic E-state index is 13.5. The Bertz CT molecular complexity index is 1290. The molecule has 0 unspecified atom stereocenters. The molecule has 1 aliphatic heterocycles. The number of nitrogens with zero attached hydrogens (tertiary/aromatic N) is 3. The number of carbonyl (C=O) groups is 1. The van der Waals surface area contributed by atoms with Gasteiger partial charge in [0.2, 0.25) is 0 Å². The van der Waals surface area contributed by atoms with Gasteiger partial charge >= 0.3 is 0 Å². The second-order valence-electron chi connectivity index (χ2n) is 7.30. The van der Waals surface area contributed by atoms with Gasteiger partial charge in [-0.25, -0.2) is 4.98 Å². The molecule has 0 saturated carbocycles. The Morgan fingerprint density at radius 1 is 0.906 bits per heavy atom. The summed E-state index contributed by atoms with van der Waals surface area (Å²) in [5.74, 6) is 1.07. The third-order valence-electron chi connectivity index (χ3n) is 5.15. The molecule has 0 fully saturated rings. The number of amides is 1.